The highest BCUT2D eigenvalue weighted by atomic mass is 16.2. The minimum atomic E-state index is -0.391. The molecule has 5 heteroatoms. The molecule has 1 aliphatic heterocycles. The summed E-state index contributed by atoms with van der Waals surface area (Å²) in [5.74, 6) is 0.935. The van der Waals surface area contributed by atoms with E-state index in [9.17, 15) is 4.79 Å². The first-order chi connectivity index (χ1) is 11.2. The van der Waals surface area contributed by atoms with Gasteiger partial charge < -0.3 is 10.2 Å². The van der Waals surface area contributed by atoms with Gasteiger partial charge in [0.05, 0.1) is 11.7 Å². The van der Waals surface area contributed by atoms with E-state index >= 15 is 0 Å². The van der Waals surface area contributed by atoms with Gasteiger partial charge in [0.2, 0.25) is 11.9 Å². The average molecular weight is 330 g/mol. The van der Waals surface area contributed by atoms with E-state index in [1.54, 1.807) is 0 Å². The highest BCUT2D eigenvalue weighted by molar-refractivity contribution is 5.81. The van der Waals surface area contributed by atoms with Gasteiger partial charge >= 0.3 is 0 Å². The monoisotopic (exact) mass is 330 g/mol. The molecule has 3 rings (SSSR count). The summed E-state index contributed by atoms with van der Waals surface area (Å²) in [5, 5.41) is 3.23. The number of fused-ring (bicyclic) bond motifs is 1. The van der Waals surface area contributed by atoms with Crippen LogP contribution in [0.2, 0.25) is 0 Å². The summed E-state index contributed by atoms with van der Waals surface area (Å²) >= 11 is 0. The first-order valence-corrected chi connectivity index (χ1v) is 9.07. The van der Waals surface area contributed by atoms with Gasteiger partial charge in [0.25, 0.3) is 0 Å². The number of nitrogens with zero attached hydrogens (tertiary/aromatic N) is 3. The second-order valence-electron chi connectivity index (χ2n) is 9.09. The third-order valence-corrected chi connectivity index (χ3v) is 5.04. The summed E-state index contributed by atoms with van der Waals surface area (Å²) in [4.78, 5) is 24.2. The van der Waals surface area contributed by atoms with E-state index in [-0.39, 0.29) is 17.4 Å². The Balaban J connectivity index is 1.89. The summed E-state index contributed by atoms with van der Waals surface area (Å²) in [6, 6.07) is 0.00287. The molecular weight excluding hydrogens is 300 g/mol. The molecule has 1 atom stereocenters. The Bertz CT molecular complexity index is 627. The molecular formula is C19H30N4O. The molecule has 1 fully saturated rings. The largest absolute Gasteiger partial charge is 0.349 e. The number of carbonyl (C=O) groups is 1. The van der Waals surface area contributed by atoms with Crippen molar-refractivity contribution >= 4 is 11.9 Å². The van der Waals surface area contributed by atoms with Gasteiger partial charge in [0.15, 0.2) is 0 Å². The van der Waals surface area contributed by atoms with Gasteiger partial charge in [-0.15, -0.1) is 0 Å². The topological polar surface area (TPSA) is 58.1 Å². The molecule has 1 aromatic rings. The molecule has 5 nitrogen and oxygen atoms in total. The van der Waals surface area contributed by atoms with Gasteiger partial charge in [-0.25, -0.2) is 9.97 Å². The zero-order valence-electron chi connectivity index (χ0n) is 15.6. The van der Waals surface area contributed by atoms with Crippen molar-refractivity contribution in [3.8, 4) is 0 Å². The summed E-state index contributed by atoms with van der Waals surface area (Å²) in [6.45, 7) is 12.4. The standard InChI is InChI=1S/C19H30N4O/c1-18(2,3)16(24)21-14-10-19(4,5)11-15-13(14)12-20-17(22-15)23-8-6-7-9-23/h12,14H,6-11H2,1-5H3,(H,21,24). The number of hydrogen-bond acceptors (Lipinski definition) is 4. The van der Waals surface area contributed by atoms with E-state index in [1.807, 2.05) is 27.0 Å². The molecule has 0 spiro atoms. The summed E-state index contributed by atoms with van der Waals surface area (Å²) in [5.41, 5.74) is 1.93. The van der Waals surface area contributed by atoms with E-state index in [4.69, 9.17) is 4.98 Å². The van der Waals surface area contributed by atoms with Gasteiger partial charge in [-0.1, -0.05) is 34.6 Å². The lowest BCUT2D eigenvalue weighted by Crippen LogP contribution is -2.42. The van der Waals surface area contributed by atoms with Crippen molar-refractivity contribution in [2.24, 2.45) is 10.8 Å². The van der Waals surface area contributed by atoms with E-state index in [0.717, 1.165) is 43.1 Å². The zero-order chi connectivity index (χ0) is 17.5. The number of rotatable bonds is 2. The zero-order valence-corrected chi connectivity index (χ0v) is 15.6. The molecule has 2 aliphatic rings. The molecule has 132 valence electrons. The van der Waals surface area contributed by atoms with Crippen LogP contribution in [0.25, 0.3) is 0 Å². The first kappa shape index (κ1) is 17.2. The van der Waals surface area contributed by atoms with Gasteiger partial charge in [-0.3, -0.25) is 4.79 Å². The molecule has 1 aliphatic carbocycles. The number of anilines is 1. The summed E-state index contributed by atoms with van der Waals surface area (Å²) < 4.78 is 0. The molecule has 0 radical (unpaired) electrons. The molecule has 0 bridgehead atoms. The fraction of sp³-hybridized carbons (Fsp3) is 0.737. The molecule has 0 saturated carbocycles. The van der Waals surface area contributed by atoms with Crippen molar-refractivity contribution in [2.75, 3.05) is 18.0 Å². The third-order valence-electron chi connectivity index (χ3n) is 5.04. The van der Waals surface area contributed by atoms with Gasteiger partial charge in [-0.2, -0.15) is 0 Å². The van der Waals surface area contributed by atoms with E-state index in [0.29, 0.717) is 0 Å². The maximum absolute atomic E-state index is 12.5. The summed E-state index contributed by atoms with van der Waals surface area (Å²) in [6.07, 6.45) is 6.24. The predicted octanol–water partition coefficient (Wildman–Crippen LogP) is 3.25. The van der Waals surface area contributed by atoms with Crippen molar-refractivity contribution in [1.82, 2.24) is 15.3 Å². The van der Waals surface area contributed by atoms with Crippen LogP contribution in [0.4, 0.5) is 5.95 Å². The van der Waals surface area contributed by atoms with Crippen molar-refractivity contribution in [2.45, 2.75) is 66.3 Å². The molecule has 1 amide bonds. The molecule has 1 N–H and O–H groups in total. The highest BCUT2D eigenvalue weighted by Crippen LogP contribution is 2.40. The minimum absolute atomic E-state index is 0.00287. The Morgan fingerprint density at radius 3 is 2.58 bits per heavy atom. The lowest BCUT2D eigenvalue weighted by atomic mass is 9.74. The number of hydrogen-bond donors (Lipinski definition) is 1. The van der Waals surface area contributed by atoms with Crippen molar-refractivity contribution < 1.29 is 4.79 Å². The Kier molecular flexibility index (Phi) is 4.30. The number of carbonyl (C=O) groups excluding carboxylic acids is 1. The van der Waals surface area contributed by atoms with E-state index < -0.39 is 5.41 Å². The van der Waals surface area contributed by atoms with E-state index in [1.165, 1.54) is 12.8 Å². The number of amides is 1. The van der Waals surface area contributed by atoms with Gasteiger partial charge in [0, 0.05) is 30.3 Å². The van der Waals surface area contributed by atoms with Crippen LogP contribution >= 0.6 is 0 Å². The van der Waals surface area contributed by atoms with Crippen molar-refractivity contribution in [3.05, 3.63) is 17.5 Å². The SMILES string of the molecule is CC1(C)Cc2nc(N3CCCC3)ncc2C(NC(=O)C(C)(C)C)C1. The van der Waals surface area contributed by atoms with Crippen LogP contribution in [0, 0.1) is 10.8 Å². The van der Waals surface area contributed by atoms with Crippen LogP contribution in [0.1, 0.15) is 71.2 Å². The molecule has 1 unspecified atom stereocenters. The fourth-order valence-corrected chi connectivity index (χ4v) is 3.61. The predicted molar refractivity (Wildman–Crippen MR) is 95.9 cm³/mol. The normalized spacial score (nSPS) is 23.0. The maximum atomic E-state index is 12.5. The number of aromatic nitrogens is 2. The smallest absolute Gasteiger partial charge is 0.225 e. The maximum Gasteiger partial charge on any atom is 0.225 e. The quantitative estimate of drug-likeness (QED) is 0.904. The van der Waals surface area contributed by atoms with Crippen LogP contribution in [-0.2, 0) is 11.2 Å². The molecule has 1 saturated heterocycles. The summed E-state index contributed by atoms with van der Waals surface area (Å²) in [7, 11) is 0. The lowest BCUT2D eigenvalue weighted by molar-refractivity contribution is -0.129. The van der Waals surface area contributed by atoms with Crippen LogP contribution < -0.4 is 10.2 Å². The Morgan fingerprint density at radius 2 is 1.96 bits per heavy atom. The van der Waals surface area contributed by atoms with Crippen LogP contribution in [0.3, 0.4) is 0 Å². The third kappa shape index (κ3) is 3.55. The molecule has 2 heterocycles. The van der Waals surface area contributed by atoms with Gasteiger partial charge in [0.1, 0.15) is 0 Å². The van der Waals surface area contributed by atoms with E-state index in [2.05, 4.69) is 29.0 Å². The van der Waals surface area contributed by atoms with Crippen molar-refractivity contribution in [3.63, 3.8) is 0 Å². The van der Waals surface area contributed by atoms with Gasteiger partial charge in [-0.05, 0) is 31.1 Å². The van der Waals surface area contributed by atoms with Crippen LogP contribution in [-0.4, -0.2) is 29.0 Å². The Morgan fingerprint density at radius 1 is 1.29 bits per heavy atom. The molecule has 24 heavy (non-hydrogen) atoms. The molecule has 0 aromatic carbocycles. The Hall–Kier alpha value is -1.65. The first-order valence-electron chi connectivity index (χ1n) is 9.07. The van der Waals surface area contributed by atoms with Crippen LogP contribution in [0.15, 0.2) is 6.20 Å². The van der Waals surface area contributed by atoms with Crippen LogP contribution in [0.5, 0.6) is 0 Å². The Labute approximate surface area is 145 Å². The minimum Gasteiger partial charge on any atom is -0.349 e. The second-order valence-corrected chi connectivity index (χ2v) is 9.09. The highest BCUT2D eigenvalue weighted by Gasteiger charge is 2.36. The van der Waals surface area contributed by atoms with Crippen molar-refractivity contribution in [1.29, 1.82) is 0 Å². The average Bonchev–Trinajstić information content (AvgIpc) is 2.98. The molecule has 1 aromatic heterocycles. The lowest BCUT2D eigenvalue weighted by Gasteiger charge is -2.37. The fourth-order valence-electron chi connectivity index (χ4n) is 3.61. The number of nitrogens with one attached hydrogen (secondary N) is 1. The second kappa shape index (κ2) is 6.01.